The molecular formula is C42H78NO7P. The molecule has 0 saturated heterocycles. The Bertz CT molecular complexity index is 957. The zero-order valence-electron chi connectivity index (χ0n) is 33.5. The van der Waals surface area contributed by atoms with Gasteiger partial charge in [-0.2, -0.15) is 0 Å². The van der Waals surface area contributed by atoms with E-state index in [1.807, 2.05) is 21.1 Å². The van der Waals surface area contributed by atoms with Crippen LogP contribution in [0.2, 0.25) is 0 Å². The first kappa shape index (κ1) is 49.5. The summed E-state index contributed by atoms with van der Waals surface area (Å²) >= 11 is 0. The van der Waals surface area contributed by atoms with Crippen LogP contribution < -0.4 is 4.89 Å². The zero-order valence-corrected chi connectivity index (χ0v) is 34.4. The summed E-state index contributed by atoms with van der Waals surface area (Å²) in [4.78, 5) is 25.0. The normalized spacial score (nSPS) is 14.4. The van der Waals surface area contributed by atoms with Gasteiger partial charge in [0, 0.05) is 13.0 Å². The van der Waals surface area contributed by atoms with Crippen LogP contribution in [-0.4, -0.2) is 70.7 Å². The van der Waals surface area contributed by atoms with Crippen molar-refractivity contribution in [3.05, 3.63) is 48.6 Å². The fraction of sp³-hybridized carbons (Fsp3) is 0.786. The Morgan fingerprint density at radius 2 is 1.12 bits per heavy atom. The summed E-state index contributed by atoms with van der Waals surface area (Å²) in [6.07, 6.45) is 41.1. The second-order valence-corrected chi connectivity index (χ2v) is 16.0. The Kier molecular flexibility index (Phi) is 34.4. The molecule has 2 atom stereocenters. The minimum Gasteiger partial charge on any atom is -0.756 e. The molecule has 0 aromatic heterocycles. The Morgan fingerprint density at radius 3 is 1.67 bits per heavy atom. The molecule has 0 heterocycles. The van der Waals surface area contributed by atoms with Crippen molar-refractivity contribution in [2.75, 3.05) is 54.1 Å². The minimum absolute atomic E-state index is 0.0193. The van der Waals surface area contributed by atoms with Crippen LogP contribution in [0.1, 0.15) is 155 Å². The molecule has 0 spiro atoms. The van der Waals surface area contributed by atoms with Crippen molar-refractivity contribution < 1.29 is 37.3 Å². The van der Waals surface area contributed by atoms with E-state index in [4.69, 9.17) is 18.5 Å². The van der Waals surface area contributed by atoms with Crippen molar-refractivity contribution in [2.24, 2.45) is 0 Å². The Morgan fingerprint density at radius 1 is 0.608 bits per heavy atom. The van der Waals surface area contributed by atoms with Crippen molar-refractivity contribution in [1.82, 2.24) is 0 Å². The first-order valence-corrected chi connectivity index (χ1v) is 21.8. The summed E-state index contributed by atoms with van der Waals surface area (Å²) in [6, 6.07) is 0. The standard InChI is InChI=1S/C42H78NO7P/c1-6-8-10-12-14-16-18-20-21-22-24-26-28-30-32-34-37-47-39-41(40-49-51(45,46)48-38-36-43(3,4)5)50-42(44)35-33-31-29-27-25-23-19-17-15-13-11-9-7-2/h11,13-14,16-17,19-21,41H,6-10,12,15,18,22-40H2,1-5H3/b13-11-,16-14-,19-17-,21-20-. The fourth-order valence-electron chi connectivity index (χ4n) is 5.14. The van der Waals surface area contributed by atoms with Gasteiger partial charge in [-0.1, -0.05) is 127 Å². The summed E-state index contributed by atoms with van der Waals surface area (Å²) in [6.45, 7) is 5.26. The van der Waals surface area contributed by atoms with E-state index in [-0.39, 0.29) is 25.8 Å². The van der Waals surface area contributed by atoms with Crippen LogP contribution in [0.5, 0.6) is 0 Å². The number of carbonyl (C=O) groups excluding carboxylic acids is 1. The molecule has 0 radical (unpaired) electrons. The van der Waals surface area contributed by atoms with Gasteiger partial charge in [0.2, 0.25) is 0 Å². The number of likely N-dealkylation sites (N-methyl/N-ethyl adjacent to an activating group) is 1. The second-order valence-electron chi connectivity index (χ2n) is 14.6. The summed E-state index contributed by atoms with van der Waals surface area (Å²) in [5, 5.41) is 0. The van der Waals surface area contributed by atoms with Crippen molar-refractivity contribution in [1.29, 1.82) is 0 Å². The van der Waals surface area contributed by atoms with Gasteiger partial charge in [-0.3, -0.25) is 9.36 Å². The maximum atomic E-state index is 12.6. The van der Waals surface area contributed by atoms with Gasteiger partial charge in [0.15, 0.2) is 0 Å². The summed E-state index contributed by atoms with van der Waals surface area (Å²) in [5.41, 5.74) is 0. The van der Waals surface area contributed by atoms with E-state index >= 15 is 0 Å². The van der Waals surface area contributed by atoms with E-state index in [1.54, 1.807) is 0 Å². The highest BCUT2D eigenvalue weighted by atomic mass is 31.2. The predicted molar refractivity (Wildman–Crippen MR) is 213 cm³/mol. The molecule has 0 aliphatic heterocycles. The Balaban J connectivity index is 4.32. The van der Waals surface area contributed by atoms with Gasteiger partial charge >= 0.3 is 5.97 Å². The Labute approximate surface area is 314 Å². The molecule has 0 N–H and O–H groups in total. The molecule has 51 heavy (non-hydrogen) atoms. The van der Waals surface area contributed by atoms with Gasteiger partial charge < -0.3 is 27.9 Å². The van der Waals surface area contributed by atoms with E-state index in [1.165, 1.54) is 51.4 Å². The van der Waals surface area contributed by atoms with Crippen LogP contribution in [0.4, 0.5) is 0 Å². The van der Waals surface area contributed by atoms with Crippen molar-refractivity contribution in [3.63, 3.8) is 0 Å². The van der Waals surface area contributed by atoms with Crippen LogP contribution in [0.15, 0.2) is 48.6 Å². The molecule has 8 nitrogen and oxygen atoms in total. The molecule has 2 unspecified atom stereocenters. The smallest absolute Gasteiger partial charge is 0.306 e. The van der Waals surface area contributed by atoms with Gasteiger partial charge in [0.05, 0.1) is 34.4 Å². The fourth-order valence-corrected chi connectivity index (χ4v) is 5.87. The average Bonchev–Trinajstić information content (AvgIpc) is 3.08. The molecule has 0 saturated carbocycles. The lowest BCUT2D eigenvalue weighted by molar-refractivity contribution is -0.870. The first-order valence-electron chi connectivity index (χ1n) is 20.4. The van der Waals surface area contributed by atoms with Crippen LogP contribution in [-0.2, 0) is 27.9 Å². The number of hydrogen-bond donors (Lipinski definition) is 0. The molecule has 0 amide bonds. The van der Waals surface area contributed by atoms with E-state index in [0.717, 1.165) is 83.5 Å². The predicted octanol–water partition coefficient (Wildman–Crippen LogP) is 11.0. The third kappa shape index (κ3) is 39.5. The number of carbonyl (C=O) groups is 1. The SMILES string of the molecule is CCC/C=C\C/C=C\CCCCCCCC(=O)OC(COCCCCCCCC/C=C\C/C=C\CCCCC)COP(=O)([O-])OCC[N+](C)(C)C. The van der Waals surface area contributed by atoms with Crippen LogP contribution in [0, 0.1) is 0 Å². The lowest BCUT2D eigenvalue weighted by Crippen LogP contribution is -2.37. The molecule has 9 heteroatoms. The van der Waals surface area contributed by atoms with E-state index in [0.29, 0.717) is 24.1 Å². The number of phosphoric ester groups is 1. The van der Waals surface area contributed by atoms with Crippen LogP contribution >= 0.6 is 7.82 Å². The van der Waals surface area contributed by atoms with Gasteiger partial charge in [0.1, 0.15) is 19.3 Å². The summed E-state index contributed by atoms with van der Waals surface area (Å²) < 4.78 is 34.5. The first-order chi connectivity index (χ1) is 24.6. The third-order valence-corrected chi connectivity index (χ3v) is 9.30. The highest BCUT2D eigenvalue weighted by Gasteiger charge is 2.20. The monoisotopic (exact) mass is 740 g/mol. The number of unbranched alkanes of at least 4 members (excludes halogenated alkanes) is 15. The number of quaternary nitrogens is 1. The zero-order chi connectivity index (χ0) is 37.7. The lowest BCUT2D eigenvalue weighted by Gasteiger charge is -2.28. The molecule has 0 bridgehead atoms. The van der Waals surface area contributed by atoms with Crippen molar-refractivity contribution in [2.45, 2.75) is 161 Å². The molecule has 0 aromatic rings. The number of rotatable bonds is 37. The topological polar surface area (TPSA) is 94.1 Å². The van der Waals surface area contributed by atoms with Gasteiger partial charge in [-0.05, 0) is 70.6 Å². The maximum absolute atomic E-state index is 12.6. The summed E-state index contributed by atoms with van der Waals surface area (Å²) in [5.74, 6) is -0.355. The van der Waals surface area contributed by atoms with E-state index < -0.39 is 13.9 Å². The number of esters is 1. The number of nitrogens with zero attached hydrogens (tertiary/aromatic N) is 1. The quantitative estimate of drug-likeness (QED) is 0.0206. The highest BCUT2D eigenvalue weighted by Crippen LogP contribution is 2.38. The Hall–Kier alpha value is -1.54. The second kappa shape index (κ2) is 35.5. The molecule has 0 aliphatic rings. The molecule has 0 fully saturated rings. The van der Waals surface area contributed by atoms with Crippen LogP contribution in [0.3, 0.4) is 0 Å². The molecule has 0 rings (SSSR count). The third-order valence-electron chi connectivity index (χ3n) is 8.33. The van der Waals surface area contributed by atoms with Gasteiger partial charge in [0.25, 0.3) is 7.82 Å². The molecule has 0 aromatic carbocycles. The number of ether oxygens (including phenoxy) is 2. The van der Waals surface area contributed by atoms with Gasteiger partial charge in [-0.25, -0.2) is 0 Å². The van der Waals surface area contributed by atoms with Crippen LogP contribution in [0.25, 0.3) is 0 Å². The molecular weight excluding hydrogens is 661 g/mol. The number of hydrogen-bond acceptors (Lipinski definition) is 7. The maximum Gasteiger partial charge on any atom is 0.306 e. The number of allylic oxidation sites excluding steroid dienone is 8. The summed E-state index contributed by atoms with van der Waals surface area (Å²) in [7, 11) is 1.33. The minimum atomic E-state index is -4.53. The lowest BCUT2D eigenvalue weighted by atomic mass is 10.1. The van der Waals surface area contributed by atoms with Crippen molar-refractivity contribution >= 4 is 13.8 Å². The van der Waals surface area contributed by atoms with Crippen molar-refractivity contribution in [3.8, 4) is 0 Å². The van der Waals surface area contributed by atoms with E-state index in [2.05, 4.69) is 62.5 Å². The highest BCUT2D eigenvalue weighted by molar-refractivity contribution is 7.45. The molecule has 0 aliphatic carbocycles. The van der Waals surface area contributed by atoms with Gasteiger partial charge in [-0.15, -0.1) is 0 Å². The molecule has 298 valence electrons. The van der Waals surface area contributed by atoms with E-state index in [9.17, 15) is 14.3 Å². The largest absolute Gasteiger partial charge is 0.756 e. The average molecular weight is 740 g/mol. The number of phosphoric acid groups is 1.